The number of hydrogen-bond acceptors (Lipinski definition) is 5. The van der Waals surface area contributed by atoms with Crippen molar-refractivity contribution in [3.63, 3.8) is 0 Å². The first-order valence-corrected chi connectivity index (χ1v) is 6.59. The van der Waals surface area contributed by atoms with Crippen LogP contribution in [0.5, 0.6) is 0 Å². The molecule has 0 spiro atoms. The lowest BCUT2D eigenvalue weighted by atomic mass is 9.98. The summed E-state index contributed by atoms with van der Waals surface area (Å²) in [5.41, 5.74) is 4.94. The Hall–Kier alpha value is -0.650. The van der Waals surface area contributed by atoms with Crippen LogP contribution in [0.4, 0.5) is 0 Å². The van der Waals surface area contributed by atoms with Gasteiger partial charge in [-0.05, 0) is 38.5 Å². The lowest BCUT2D eigenvalue weighted by molar-refractivity contribution is -0.146. The number of carbonyl (C=O) groups excluding carboxylic acids is 1. The molecule has 0 aromatic heterocycles. The van der Waals surface area contributed by atoms with Gasteiger partial charge in [-0.1, -0.05) is 0 Å². The van der Waals surface area contributed by atoms with Gasteiger partial charge in [-0.25, -0.2) is 0 Å². The van der Waals surface area contributed by atoms with Gasteiger partial charge >= 0.3 is 5.97 Å². The van der Waals surface area contributed by atoms with Crippen molar-refractivity contribution in [1.82, 2.24) is 0 Å². The molecule has 1 atom stereocenters. The average Bonchev–Trinajstić information content (AvgIpc) is 2.38. The first-order chi connectivity index (χ1) is 8.56. The SMILES string of the molecule is COC(=O)C(C)(N)CCCOCC1CCOCC1. The number of esters is 1. The molecule has 0 bridgehead atoms. The Morgan fingerprint density at radius 1 is 1.44 bits per heavy atom. The van der Waals surface area contributed by atoms with Gasteiger partial charge in [-0.3, -0.25) is 4.79 Å². The molecule has 5 nitrogen and oxygen atoms in total. The van der Waals surface area contributed by atoms with E-state index in [-0.39, 0.29) is 5.97 Å². The Morgan fingerprint density at radius 3 is 2.72 bits per heavy atom. The highest BCUT2D eigenvalue weighted by atomic mass is 16.5. The van der Waals surface area contributed by atoms with Crippen molar-refractivity contribution in [3.05, 3.63) is 0 Å². The van der Waals surface area contributed by atoms with Crippen LogP contribution in [0.3, 0.4) is 0 Å². The number of ether oxygens (including phenoxy) is 3. The Bertz CT molecular complexity index is 249. The van der Waals surface area contributed by atoms with Gasteiger partial charge in [-0.15, -0.1) is 0 Å². The van der Waals surface area contributed by atoms with Crippen LogP contribution < -0.4 is 5.73 Å². The van der Waals surface area contributed by atoms with E-state index in [9.17, 15) is 4.79 Å². The van der Waals surface area contributed by atoms with Crippen molar-refractivity contribution in [3.8, 4) is 0 Å². The summed E-state index contributed by atoms with van der Waals surface area (Å²) in [5, 5.41) is 0. The fourth-order valence-corrected chi connectivity index (χ4v) is 2.04. The maximum atomic E-state index is 11.3. The van der Waals surface area contributed by atoms with Crippen molar-refractivity contribution in [2.24, 2.45) is 11.7 Å². The van der Waals surface area contributed by atoms with Crippen molar-refractivity contribution < 1.29 is 19.0 Å². The van der Waals surface area contributed by atoms with Crippen LogP contribution in [0.2, 0.25) is 0 Å². The highest BCUT2D eigenvalue weighted by Gasteiger charge is 2.28. The largest absolute Gasteiger partial charge is 0.468 e. The van der Waals surface area contributed by atoms with Crippen LogP contribution in [-0.4, -0.2) is 45.0 Å². The van der Waals surface area contributed by atoms with Gasteiger partial charge < -0.3 is 19.9 Å². The average molecular weight is 259 g/mol. The topological polar surface area (TPSA) is 70.8 Å². The number of rotatable bonds is 7. The summed E-state index contributed by atoms with van der Waals surface area (Å²) in [7, 11) is 1.36. The Morgan fingerprint density at radius 2 is 2.11 bits per heavy atom. The third kappa shape index (κ3) is 5.33. The van der Waals surface area contributed by atoms with Crippen molar-refractivity contribution in [2.45, 2.75) is 38.1 Å². The minimum absolute atomic E-state index is 0.369. The zero-order valence-corrected chi connectivity index (χ0v) is 11.4. The van der Waals surface area contributed by atoms with Gasteiger partial charge in [0.25, 0.3) is 0 Å². The standard InChI is InChI=1S/C13H25NO4/c1-13(14,12(15)16-2)6-3-7-18-10-11-4-8-17-9-5-11/h11H,3-10,14H2,1-2H3. The van der Waals surface area contributed by atoms with E-state index in [1.54, 1.807) is 6.92 Å². The minimum Gasteiger partial charge on any atom is -0.468 e. The van der Waals surface area contributed by atoms with E-state index in [4.69, 9.17) is 15.2 Å². The van der Waals surface area contributed by atoms with Gasteiger partial charge in [0.2, 0.25) is 0 Å². The molecule has 1 saturated heterocycles. The summed E-state index contributed by atoms with van der Waals surface area (Å²) in [6.45, 7) is 4.80. The predicted octanol–water partition coefficient (Wildman–Crippen LogP) is 1.10. The summed E-state index contributed by atoms with van der Waals surface area (Å²) in [6.07, 6.45) is 3.51. The highest BCUT2D eigenvalue weighted by molar-refractivity contribution is 5.79. The Kier molecular flexibility index (Phi) is 6.60. The third-order valence-electron chi connectivity index (χ3n) is 3.33. The molecular formula is C13H25NO4. The van der Waals surface area contributed by atoms with Crippen LogP contribution in [0.25, 0.3) is 0 Å². The molecule has 1 aliphatic heterocycles. The fourth-order valence-electron chi connectivity index (χ4n) is 2.04. The second-order valence-electron chi connectivity index (χ2n) is 5.14. The summed E-state index contributed by atoms with van der Waals surface area (Å²) in [5.74, 6) is 0.246. The van der Waals surface area contributed by atoms with Gasteiger partial charge in [0.15, 0.2) is 0 Å². The second kappa shape index (κ2) is 7.71. The second-order valence-corrected chi connectivity index (χ2v) is 5.14. The molecule has 0 aromatic carbocycles. The van der Waals surface area contributed by atoms with Crippen LogP contribution in [0.15, 0.2) is 0 Å². The molecule has 1 heterocycles. The molecule has 106 valence electrons. The summed E-state index contributed by atoms with van der Waals surface area (Å²) in [6, 6.07) is 0. The smallest absolute Gasteiger partial charge is 0.325 e. The molecule has 1 rings (SSSR count). The molecule has 0 aromatic rings. The van der Waals surface area contributed by atoms with E-state index in [1.165, 1.54) is 7.11 Å². The molecule has 18 heavy (non-hydrogen) atoms. The summed E-state index contributed by atoms with van der Waals surface area (Å²) in [4.78, 5) is 11.3. The zero-order chi connectivity index (χ0) is 13.4. The van der Waals surface area contributed by atoms with Gasteiger partial charge in [-0.2, -0.15) is 0 Å². The molecule has 1 fully saturated rings. The van der Waals surface area contributed by atoms with E-state index in [0.29, 0.717) is 18.9 Å². The van der Waals surface area contributed by atoms with Crippen molar-refractivity contribution >= 4 is 5.97 Å². The van der Waals surface area contributed by atoms with Crippen LogP contribution in [0, 0.1) is 5.92 Å². The molecule has 2 N–H and O–H groups in total. The Balaban J connectivity index is 2.05. The number of hydrogen-bond donors (Lipinski definition) is 1. The van der Waals surface area contributed by atoms with E-state index in [0.717, 1.165) is 39.1 Å². The van der Waals surface area contributed by atoms with Crippen LogP contribution >= 0.6 is 0 Å². The van der Waals surface area contributed by atoms with Gasteiger partial charge in [0.1, 0.15) is 5.54 Å². The number of methoxy groups -OCH3 is 1. The first-order valence-electron chi connectivity index (χ1n) is 6.59. The van der Waals surface area contributed by atoms with Crippen molar-refractivity contribution in [1.29, 1.82) is 0 Å². The normalized spacial score (nSPS) is 20.4. The first kappa shape index (κ1) is 15.4. The zero-order valence-electron chi connectivity index (χ0n) is 11.4. The lowest BCUT2D eigenvalue weighted by Gasteiger charge is -2.23. The molecule has 1 aliphatic rings. The molecule has 1 unspecified atom stereocenters. The van der Waals surface area contributed by atoms with E-state index >= 15 is 0 Å². The monoisotopic (exact) mass is 259 g/mol. The molecule has 0 aliphatic carbocycles. The predicted molar refractivity (Wildman–Crippen MR) is 68.2 cm³/mol. The lowest BCUT2D eigenvalue weighted by Crippen LogP contribution is -2.45. The molecule has 0 amide bonds. The van der Waals surface area contributed by atoms with Crippen LogP contribution in [0.1, 0.15) is 32.6 Å². The summed E-state index contributed by atoms with van der Waals surface area (Å²) < 4.78 is 15.6. The van der Waals surface area contributed by atoms with E-state index in [1.807, 2.05) is 0 Å². The van der Waals surface area contributed by atoms with Crippen LogP contribution in [-0.2, 0) is 19.0 Å². The third-order valence-corrected chi connectivity index (χ3v) is 3.33. The van der Waals surface area contributed by atoms with Gasteiger partial charge in [0, 0.05) is 26.4 Å². The molecular weight excluding hydrogens is 234 g/mol. The fraction of sp³-hybridized carbons (Fsp3) is 0.923. The number of nitrogens with two attached hydrogens (primary N) is 1. The van der Waals surface area contributed by atoms with Gasteiger partial charge in [0.05, 0.1) is 7.11 Å². The molecule has 0 radical (unpaired) electrons. The maximum absolute atomic E-state index is 11.3. The Labute approximate surface area is 109 Å². The van der Waals surface area contributed by atoms with E-state index < -0.39 is 5.54 Å². The van der Waals surface area contributed by atoms with E-state index in [2.05, 4.69) is 4.74 Å². The highest BCUT2D eigenvalue weighted by Crippen LogP contribution is 2.15. The minimum atomic E-state index is -0.906. The molecule has 0 saturated carbocycles. The maximum Gasteiger partial charge on any atom is 0.325 e. The summed E-state index contributed by atoms with van der Waals surface area (Å²) >= 11 is 0. The quantitative estimate of drug-likeness (QED) is 0.547. The molecule has 5 heteroatoms. The van der Waals surface area contributed by atoms with Crippen molar-refractivity contribution in [2.75, 3.05) is 33.5 Å². The number of carbonyl (C=O) groups is 1.